The number of aromatic nitrogens is 2. The van der Waals surface area contributed by atoms with Crippen LogP contribution >= 0.6 is 0 Å². The number of aryl methyl sites for hydroxylation is 2. The molecular formula is C16H17ClN2O6. The van der Waals surface area contributed by atoms with Gasteiger partial charge in [-0.25, -0.2) is 28.0 Å². The molecule has 0 N–H and O–H groups in total. The summed E-state index contributed by atoms with van der Waals surface area (Å²) in [5.74, 6) is -0.269. The van der Waals surface area contributed by atoms with Gasteiger partial charge in [0.05, 0.1) is 19.9 Å². The van der Waals surface area contributed by atoms with Crippen LogP contribution in [-0.4, -0.2) is 17.1 Å². The molecule has 0 radical (unpaired) electrons. The summed E-state index contributed by atoms with van der Waals surface area (Å²) in [5, 5.41) is 0. The lowest BCUT2D eigenvalue weighted by atomic mass is 10.1. The highest BCUT2D eigenvalue weighted by Crippen LogP contribution is 2.19. The van der Waals surface area contributed by atoms with Crippen LogP contribution in [0.25, 0.3) is 16.7 Å². The number of carbonyl (C=O) groups excluding carboxylic acids is 1. The first-order valence-corrected chi connectivity index (χ1v) is 8.55. The van der Waals surface area contributed by atoms with Crippen LogP contribution in [0.3, 0.4) is 0 Å². The second-order valence-corrected chi connectivity index (χ2v) is 5.97. The first kappa shape index (κ1) is 19.1. The number of rotatable bonds is 2. The van der Waals surface area contributed by atoms with E-state index in [1.807, 2.05) is 66.4 Å². The normalized spacial score (nSPS) is 11.3. The van der Waals surface area contributed by atoms with E-state index in [1.165, 1.54) is 0 Å². The lowest BCUT2D eigenvalue weighted by Gasteiger charge is -2.17. The third-order valence-electron chi connectivity index (χ3n) is 3.62. The monoisotopic (exact) mass is 368 g/mol. The molecule has 0 aliphatic rings. The molecule has 1 aromatic carbocycles. The third-order valence-corrected chi connectivity index (χ3v) is 3.62. The zero-order valence-corrected chi connectivity index (χ0v) is 14.6. The number of halogens is 1. The quantitative estimate of drug-likeness (QED) is 0.368. The van der Waals surface area contributed by atoms with E-state index in [-0.39, 0.29) is 5.97 Å². The van der Waals surface area contributed by atoms with Crippen LogP contribution < -0.4 is 23.0 Å². The van der Waals surface area contributed by atoms with Crippen LogP contribution in [0.1, 0.15) is 22.8 Å². The molecule has 3 aromatic rings. The Morgan fingerprint density at radius 2 is 1.80 bits per heavy atom. The second-order valence-electron chi connectivity index (χ2n) is 5.21. The Kier molecular flexibility index (Phi) is 5.61. The maximum atomic E-state index is 12.3. The Morgan fingerprint density at radius 3 is 2.40 bits per heavy atom. The van der Waals surface area contributed by atoms with E-state index in [0.717, 1.165) is 22.2 Å². The van der Waals surface area contributed by atoms with Gasteiger partial charge in [0.1, 0.15) is 0 Å². The number of esters is 1. The molecule has 134 valence electrons. The minimum absolute atomic E-state index is 0.269. The van der Waals surface area contributed by atoms with E-state index in [9.17, 15) is 4.79 Å². The maximum Gasteiger partial charge on any atom is 0.346 e. The number of pyridine rings is 1. The van der Waals surface area contributed by atoms with Gasteiger partial charge >= 0.3 is 11.6 Å². The fourth-order valence-corrected chi connectivity index (χ4v) is 2.68. The van der Waals surface area contributed by atoms with Crippen molar-refractivity contribution in [3.05, 3.63) is 47.7 Å². The van der Waals surface area contributed by atoms with Gasteiger partial charge in [0.2, 0.25) is 0 Å². The van der Waals surface area contributed by atoms with E-state index < -0.39 is 10.2 Å². The van der Waals surface area contributed by atoms with Crippen LogP contribution in [0.4, 0.5) is 0 Å². The number of hydrogen-bond acceptors (Lipinski definition) is 6. The Hall–Kier alpha value is -2.23. The van der Waals surface area contributed by atoms with Crippen molar-refractivity contribution in [2.24, 2.45) is 7.05 Å². The molecule has 0 amide bonds. The topological polar surface area (TPSA) is 128 Å². The van der Waals surface area contributed by atoms with Gasteiger partial charge in [-0.15, -0.1) is 10.2 Å². The summed E-state index contributed by atoms with van der Waals surface area (Å²) >= 11 is 0. The molecule has 0 atom stereocenters. The van der Waals surface area contributed by atoms with E-state index in [0.29, 0.717) is 12.2 Å². The summed E-state index contributed by atoms with van der Waals surface area (Å²) in [7, 11) is -2.97. The number of fused-ring (bicyclic) bond motifs is 3. The van der Waals surface area contributed by atoms with Crippen LogP contribution in [0.15, 0.2) is 36.5 Å². The summed E-state index contributed by atoms with van der Waals surface area (Å²) in [6, 6.07) is 10.0. The Bertz CT molecular complexity index is 910. The zero-order chi connectivity index (χ0) is 18.8. The van der Waals surface area contributed by atoms with Crippen LogP contribution in [0, 0.1) is 17.2 Å². The van der Waals surface area contributed by atoms with Gasteiger partial charge in [0, 0.05) is 0 Å². The molecule has 0 bridgehead atoms. The molecule has 2 aromatic heterocycles. The van der Waals surface area contributed by atoms with E-state index in [4.69, 9.17) is 23.4 Å². The highest BCUT2D eigenvalue weighted by Gasteiger charge is 2.26. The highest BCUT2D eigenvalue weighted by molar-refractivity contribution is 5.97. The van der Waals surface area contributed by atoms with Crippen molar-refractivity contribution in [2.45, 2.75) is 13.8 Å². The van der Waals surface area contributed by atoms with Gasteiger partial charge in [-0.2, -0.15) is 4.40 Å². The van der Waals surface area contributed by atoms with Crippen molar-refractivity contribution in [2.75, 3.05) is 6.61 Å². The fraction of sp³-hybridized carbons (Fsp3) is 0.250. The molecular weight excluding hydrogens is 352 g/mol. The maximum absolute atomic E-state index is 12.3. The molecule has 25 heavy (non-hydrogen) atoms. The molecule has 3 rings (SSSR count). The molecule has 0 saturated heterocycles. The van der Waals surface area contributed by atoms with Gasteiger partial charge < -0.3 is 4.74 Å². The Morgan fingerprint density at radius 1 is 1.20 bits per heavy atom. The molecule has 0 aliphatic carbocycles. The predicted molar refractivity (Wildman–Crippen MR) is 76.8 cm³/mol. The van der Waals surface area contributed by atoms with E-state index >= 15 is 0 Å². The van der Waals surface area contributed by atoms with Crippen molar-refractivity contribution >= 4 is 22.6 Å². The zero-order valence-electron chi connectivity index (χ0n) is 13.9. The van der Waals surface area contributed by atoms with Gasteiger partial charge in [0.25, 0.3) is 0 Å². The van der Waals surface area contributed by atoms with Crippen LogP contribution in [0.2, 0.25) is 0 Å². The lowest BCUT2D eigenvalue weighted by Crippen LogP contribution is -2.68. The Balaban J connectivity index is 0.000000399. The van der Waals surface area contributed by atoms with Gasteiger partial charge in [-0.05, 0) is 37.6 Å². The molecule has 9 heteroatoms. The average Bonchev–Trinajstić information content (AvgIpc) is 2.79. The minimum Gasteiger partial charge on any atom is -0.462 e. The SMILES string of the molecule is CCOC(=O)c1c(C)cc[n+]2c3ccccc3n(C)c12.[O-][Cl+3]([O-])([O-])[O-]. The smallest absolute Gasteiger partial charge is 0.346 e. The number of nitrogens with zero attached hydrogens (tertiary/aromatic N) is 2. The van der Waals surface area contributed by atoms with E-state index in [2.05, 4.69) is 0 Å². The standard InChI is InChI=1S/C16H17N2O2.ClHO4/c1-4-20-16(19)14-11(2)9-10-18-13-8-6-5-7-12(13)17(3)15(14)18;2-1(3,4)5/h5-10H,4H2,1-3H3;(H,2,3,4,5)/q+1;/p-1. The van der Waals surface area contributed by atoms with Gasteiger partial charge in [0.15, 0.2) is 16.6 Å². The molecule has 0 fully saturated rings. The minimum atomic E-state index is -4.94. The van der Waals surface area contributed by atoms with Crippen LogP contribution in [0.5, 0.6) is 0 Å². The Labute approximate surface area is 145 Å². The van der Waals surface area contributed by atoms with E-state index in [1.54, 1.807) is 0 Å². The van der Waals surface area contributed by atoms with Gasteiger partial charge in [-0.3, -0.25) is 0 Å². The third kappa shape index (κ3) is 4.25. The van der Waals surface area contributed by atoms with Crippen LogP contribution in [-0.2, 0) is 11.8 Å². The molecule has 8 nitrogen and oxygen atoms in total. The fourth-order valence-electron chi connectivity index (χ4n) is 2.68. The first-order chi connectivity index (χ1) is 11.6. The van der Waals surface area contributed by atoms with Crippen molar-refractivity contribution in [3.63, 3.8) is 0 Å². The second kappa shape index (κ2) is 7.34. The van der Waals surface area contributed by atoms with Crippen molar-refractivity contribution in [1.82, 2.24) is 4.57 Å². The number of para-hydroxylation sites is 2. The summed E-state index contributed by atoms with van der Waals surface area (Å²) in [6.45, 7) is 4.13. The number of imidazole rings is 1. The molecule has 2 heterocycles. The van der Waals surface area contributed by atoms with Crippen molar-refractivity contribution in [1.29, 1.82) is 0 Å². The summed E-state index contributed by atoms with van der Waals surface area (Å²) in [4.78, 5) is 12.3. The number of hydrogen-bond donors (Lipinski definition) is 0. The number of ether oxygens (including phenoxy) is 1. The summed E-state index contributed by atoms with van der Waals surface area (Å²) in [6.07, 6.45) is 2.00. The molecule has 0 aliphatic heterocycles. The molecule has 0 spiro atoms. The number of carbonyl (C=O) groups is 1. The van der Waals surface area contributed by atoms with Crippen molar-refractivity contribution < 1.29 is 42.8 Å². The van der Waals surface area contributed by atoms with Crippen molar-refractivity contribution in [3.8, 4) is 0 Å². The summed E-state index contributed by atoms with van der Waals surface area (Å²) in [5.41, 5.74) is 4.59. The molecule has 0 unspecified atom stereocenters. The predicted octanol–water partition coefficient (Wildman–Crippen LogP) is -2.35. The lowest BCUT2D eigenvalue weighted by molar-refractivity contribution is -2.00. The first-order valence-electron chi connectivity index (χ1n) is 7.32. The average molecular weight is 369 g/mol. The summed E-state index contributed by atoms with van der Waals surface area (Å²) < 4.78 is 43.2. The highest BCUT2D eigenvalue weighted by atomic mass is 35.7. The number of benzene rings is 1. The van der Waals surface area contributed by atoms with Gasteiger partial charge in [-0.1, -0.05) is 12.1 Å². The molecule has 0 saturated carbocycles. The largest absolute Gasteiger partial charge is 0.462 e.